The second-order valence-electron chi connectivity index (χ2n) is 4.30. The molecule has 2 aromatic rings. The van der Waals surface area contributed by atoms with E-state index < -0.39 is 11.7 Å². The summed E-state index contributed by atoms with van der Waals surface area (Å²) in [5.74, 6) is 0.455. The lowest BCUT2D eigenvalue weighted by Gasteiger charge is -2.13. The number of alkyl halides is 3. The summed E-state index contributed by atoms with van der Waals surface area (Å²) >= 11 is 5.81. The zero-order chi connectivity index (χ0) is 14.9. The van der Waals surface area contributed by atoms with Gasteiger partial charge in [0, 0.05) is 16.8 Å². The van der Waals surface area contributed by atoms with Crippen LogP contribution in [0.3, 0.4) is 0 Å². The number of nitrogen functional groups attached to an aromatic ring is 1. The molecule has 20 heavy (non-hydrogen) atoms. The first-order valence-corrected chi connectivity index (χ1v) is 6.05. The van der Waals surface area contributed by atoms with Crippen LogP contribution in [-0.2, 0) is 6.18 Å². The molecule has 0 aliphatic carbocycles. The minimum absolute atomic E-state index is 0.0126. The fraction of sp³-hybridized carbons (Fsp3) is 0.143. The summed E-state index contributed by atoms with van der Waals surface area (Å²) < 4.78 is 43.5. The van der Waals surface area contributed by atoms with E-state index in [1.54, 1.807) is 25.1 Å². The first-order valence-electron chi connectivity index (χ1n) is 5.67. The van der Waals surface area contributed by atoms with Crippen LogP contribution in [0.1, 0.15) is 11.1 Å². The van der Waals surface area contributed by atoms with Gasteiger partial charge in [-0.15, -0.1) is 0 Å². The summed E-state index contributed by atoms with van der Waals surface area (Å²) in [4.78, 5) is 0. The van der Waals surface area contributed by atoms with E-state index in [9.17, 15) is 13.2 Å². The van der Waals surface area contributed by atoms with Crippen LogP contribution < -0.4 is 10.5 Å². The maximum atomic E-state index is 12.7. The minimum atomic E-state index is -4.47. The van der Waals surface area contributed by atoms with Gasteiger partial charge in [0.1, 0.15) is 11.5 Å². The molecule has 6 heteroatoms. The average Bonchev–Trinajstić information content (AvgIpc) is 2.31. The highest BCUT2D eigenvalue weighted by atomic mass is 35.5. The van der Waals surface area contributed by atoms with Gasteiger partial charge in [0.05, 0.1) is 5.56 Å². The van der Waals surface area contributed by atoms with Crippen LogP contribution in [0.4, 0.5) is 18.9 Å². The molecule has 2 N–H and O–H groups in total. The van der Waals surface area contributed by atoms with Gasteiger partial charge in [-0.2, -0.15) is 13.2 Å². The van der Waals surface area contributed by atoms with Crippen molar-refractivity contribution in [1.29, 1.82) is 0 Å². The highest BCUT2D eigenvalue weighted by molar-refractivity contribution is 6.30. The molecule has 0 spiro atoms. The van der Waals surface area contributed by atoms with Crippen LogP contribution >= 0.6 is 11.6 Å². The van der Waals surface area contributed by atoms with E-state index in [4.69, 9.17) is 22.1 Å². The number of aryl methyl sites for hydroxylation is 1. The van der Waals surface area contributed by atoms with Gasteiger partial charge >= 0.3 is 6.18 Å². The molecule has 0 radical (unpaired) electrons. The summed E-state index contributed by atoms with van der Waals surface area (Å²) in [5, 5.41) is 0.526. The lowest BCUT2D eigenvalue weighted by atomic mass is 10.1. The Morgan fingerprint density at radius 1 is 1.10 bits per heavy atom. The molecule has 0 fully saturated rings. The quantitative estimate of drug-likeness (QED) is 0.789. The van der Waals surface area contributed by atoms with Crippen molar-refractivity contribution >= 4 is 17.3 Å². The van der Waals surface area contributed by atoms with Crippen LogP contribution in [0.2, 0.25) is 5.02 Å². The number of rotatable bonds is 2. The second-order valence-corrected chi connectivity index (χ2v) is 4.74. The Kier molecular flexibility index (Phi) is 3.81. The number of halogens is 4. The Bertz CT molecular complexity index is 641. The smallest absolute Gasteiger partial charge is 0.416 e. The maximum absolute atomic E-state index is 12.7. The van der Waals surface area contributed by atoms with Gasteiger partial charge in [-0.05, 0) is 42.8 Å². The van der Waals surface area contributed by atoms with Crippen molar-refractivity contribution in [3.05, 3.63) is 52.5 Å². The number of nitrogens with two attached hydrogens (primary N) is 1. The van der Waals surface area contributed by atoms with Crippen molar-refractivity contribution in [2.75, 3.05) is 5.73 Å². The summed E-state index contributed by atoms with van der Waals surface area (Å²) in [6.07, 6.45) is -4.47. The Morgan fingerprint density at radius 3 is 2.40 bits per heavy atom. The molecule has 0 bridgehead atoms. The van der Waals surface area contributed by atoms with Gasteiger partial charge in [-0.3, -0.25) is 0 Å². The van der Waals surface area contributed by atoms with Crippen molar-refractivity contribution < 1.29 is 17.9 Å². The lowest BCUT2D eigenvalue weighted by Crippen LogP contribution is -2.06. The number of anilines is 1. The van der Waals surface area contributed by atoms with Crippen molar-refractivity contribution in [3.8, 4) is 11.5 Å². The van der Waals surface area contributed by atoms with Crippen LogP contribution in [0.5, 0.6) is 11.5 Å². The van der Waals surface area contributed by atoms with Crippen molar-refractivity contribution in [2.45, 2.75) is 13.1 Å². The van der Waals surface area contributed by atoms with Crippen LogP contribution in [0, 0.1) is 6.92 Å². The van der Waals surface area contributed by atoms with E-state index >= 15 is 0 Å². The molecule has 0 unspecified atom stereocenters. The summed E-state index contributed by atoms with van der Waals surface area (Å²) in [5.41, 5.74) is 5.33. The molecule has 2 rings (SSSR count). The van der Waals surface area contributed by atoms with E-state index in [1.807, 2.05) is 0 Å². The zero-order valence-corrected chi connectivity index (χ0v) is 11.2. The van der Waals surface area contributed by atoms with Gasteiger partial charge in [0.2, 0.25) is 0 Å². The SMILES string of the molecule is Cc1cc(Cl)ccc1Oc1cc(N)cc(C(F)(F)F)c1. The molecule has 2 aromatic carbocycles. The third-order valence-electron chi connectivity index (χ3n) is 2.62. The number of ether oxygens (including phenoxy) is 1. The van der Waals surface area contributed by atoms with Gasteiger partial charge < -0.3 is 10.5 Å². The van der Waals surface area contributed by atoms with E-state index in [1.165, 1.54) is 6.07 Å². The number of hydrogen-bond acceptors (Lipinski definition) is 2. The fourth-order valence-electron chi connectivity index (χ4n) is 1.70. The monoisotopic (exact) mass is 301 g/mol. The predicted octanol–water partition coefficient (Wildman–Crippen LogP) is 5.04. The van der Waals surface area contributed by atoms with Gasteiger partial charge in [0.25, 0.3) is 0 Å². The highest BCUT2D eigenvalue weighted by Crippen LogP contribution is 2.35. The standard InChI is InChI=1S/C14H11ClF3NO/c1-8-4-10(15)2-3-13(8)20-12-6-9(14(16,17)18)5-11(19)7-12/h2-7H,19H2,1H3. The molecule has 106 valence electrons. The summed E-state index contributed by atoms with van der Waals surface area (Å²) in [6, 6.07) is 7.96. The Balaban J connectivity index is 2.36. The third kappa shape index (κ3) is 3.36. The topological polar surface area (TPSA) is 35.2 Å². The first-order chi connectivity index (χ1) is 9.25. The molecule has 0 saturated carbocycles. The van der Waals surface area contributed by atoms with Crippen molar-refractivity contribution in [2.24, 2.45) is 0 Å². The molecule has 2 nitrogen and oxygen atoms in total. The summed E-state index contributed by atoms with van der Waals surface area (Å²) in [7, 11) is 0. The Labute approximate surface area is 118 Å². The highest BCUT2D eigenvalue weighted by Gasteiger charge is 2.31. The van der Waals surface area contributed by atoms with Crippen molar-refractivity contribution in [3.63, 3.8) is 0 Å². The van der Waals surface area contributed by atoms with E-state index in [2.05, 4.69) is 0 Å². The normalized spacial score (nSPS) is 11.4. The Morgan fingerprint density at radius 2 is 1.80 bits per heavy atom. The third-order valence-corrected chi connectivity index (χ3v) is 2.86. The molecule has 0 aliphatic rings. The minimum Gasteiger partial charge on any atom is -0.457 e. The molecule has 0 amide bonds. The van der Waals surface area contributed by atoms with Gasteiger partial charge in [0.15, 0.2) is 0 Å². The maximum Gasteiger partial charge on any atom is 0.416 e. The molecule has 0 aromatic heterocycles. The van der Waals surface area contributed by atoms with Crippen LogP contribution in [0.25, 0.3) is 0 Å². The molecule has 0 heterocycles. The van der Waals surface area contributed by atoms with Gasteiger partial charge in [-0.25, -0.2) is 0 Å². The fourth-order valence-corrected chi connectivity index (χ4v) is 1.93. The van der Waals surface area contributed by atoms with E-state index in [0.29, 0.717) is 16.3 Å². The summed E-state index contributed by atoms with van der Waals surface area (Å²) in [6.45, 7) is 1.75. The number of hydrogen-bond donors (Lipinski definition) is 1. The van der Waals surface area contributed by atoms with E-state index in [0.717, 1.165) is 12.1 Å². The predicted molar refractivity (Wildman–Crippen MR) is 72.1 cm³/mol. The number of benzene rings is 2. The molecule has 0 aliphatic heterocycles. The lowest BCUT2D eigenvalue weighted by molar-refractivity contribution is -0.137. The first kappa shape index (κ1) is 14.5. The van der Waals surface area contributed by atoms with Crippen molar-refractivity contribution in [1.82, 2.24) is 0 Å². The molecule has 0 atom stereocenters. The van der Waals surface area contributed by atoms with Crippen LogP contribution in [-0.4, -0.2) is 0 Å². The second kappa shape index (κ2) is 5.25. The Hall–Kier alpha value is -1.88. The largest absolute Gasteiger partial charge is 0.457 e. The average molecular weight is 302 g/mol. The van der Waals surface area contributed by atoms with Crippen LogP contribution in [0.15, 0.2) is 36.4 Å². The zero-order valence-electron chi connectivity index (χ0n) is 10.5. The molecular weight excluding hydrogens is 291 g/mol. The molecular formula is C14H11ClF3NO. The van der Waals surface area contributed by atoms with Gasteiger partial charge in [-0.1, -0.05) is 11.6 Å². The molecule has 0 saturated heterocycles. The van der Waals surface area contributed by atoms with E-state index in [-0.39, 0.29) is 11.4 Å².